The third-order valence-electron chi connectivity index (χ3n) is 3.75. The summed E-state index contributed by atoms with van der Waals surface area (Å²) < 4.78 is 0. The molecule has 0 bridgehead atoms. The lowest BCUT2D eigenvalue weighted by molar-refractivity contribution is 0.473. The lowest BCUT2D eigenvalue weighted by Gasteiger charge is -2.36. The third kappa shape index (κ3) is 4.34. The first-order valence-corrected chi connectivity index (χ1v) is 9.58. The van der Waals surface area contributed by atoms with Crippen molar-refractivity contribution in [3.05, 3.63) is 29.8 Å². The van der Waals surface area contributed by atoms with Gasteiger partial charge in [-0.05, 0) is 37.1 Å². The number of phenolic OH excluding ortho intramolecular Hbond substituents is 1. The maximum Gasteiger partial charge on any atom is 0.115 e. The highest BCUT2D eigenvalue weighted by Crippen LogP contribution is 2.36. The van der Waals surface area contributed by atoms with Gasteiger partial charge in [-0.1, -0.05) is 26.0 Å². The van der Waals surface area contributed by atoms with E-state index >= 15 is 0 Å². The molecule has 2 N–H and O–H groups in total. The van der Waals surface area contributed by atoms with Gasteiger partial charge in [-0.2, -0.15) is 23.5 Å². The first kappa shape index (κ1) is 16.1. The van der Waals surface area contributed by atoms with Crippen LogP contribution in [0.25, 0.3) is 0 Å². The van der Waals surface area contributed by atoms with Crippen LogP contribution in [0.15, 0.2) is 24.3 Å². The summed E-state index contributed by atoms with van der Waals surface area (Å²) >= 11 is 4.27. The van der Waals surface area contributed by atoms with Crippen molar-refractivity contribution in [1.82, 2.24) is 5.32 Å². The van der Waals surface area contributed by atoms with Gasteiger partial charge in [0.1, 0.15) is 5.75 Å². The Kier molecular flexibility index (Phi) is 6.59. The molecule has 112 valence electrons. The molecule has 1 aliphatic rings. The van der Waals surface area contributed by atoms with Gasteiger partial charge in [0.25, 0.3) is 0 Å². The van der Waals surface area contributed by atoms with E-state index in [9.17, 15) is 5.11 Å². The van der Waals surface area contributed by atoms with Crippen LogP contribution in [-0.2, 0) is 6.42 Å². The molecule has 1 aliphatic heterocycles. The summed E-state index contributed by atoms with van der Waals surface area (Å²) in [6.45, 7) is 5.51. The quantitative estimate of drug-likeness (QED) is 0.842. The summed E-state index contributed by atoms with van der Waals surface area (Å²) in [5.41, 5.74) is 1.31. The molecule has 1 aromatic carbocycles. The van der Waals surface area contributed by atoms with E-state index in [0.29, 0.717) is 17.0 Å². The predicted molar refractivity (Wildman–Crippen MR) is 92.1 cm³/mol. The van der Waals surface area contributed by atoms with E-state index < -0.39 is 0 Å². The van der Waals surface area contributed by atoms with E-state index in [1.807, 2.05) is 12.1 Å². The zero-order valence-electron chi connectivity index (χ0n) is 12.3. The Balaban J connectivity index is 2.06. The first-order valence-electron chi connectivity index (χ1n) is 7.49. The van der Waals surface area contributed by atoms with Crippen molar-refractivity contribution in [2.45, 2.75) is 43.2 Å². The van der Waals surface area contributed by atoms with Gasteiger partial charge in [0.05, 0.1) is 0 Å². The number of thioether (sulfide) groups is 2. The summed E-state index contributed by atoms with van der Waals surface area (Å²) in [7, 11) is 0. The second kappa shape index (κ2) is 8.20. The van der Waals surface area contributed by atoms with Crippen LogP contribution >= 0.6 is 23.5 Å². The first-order chi connectivity index (χ1) is 9.74. The van der Waals surface area contributed by atoms with Gasteiger partial charge in [-0.25, -0.2) is 0 Å². The molecule has 2 rings (SSSR count). The van der Waals surface area contributed by atoms with Crippen molar-refractivity contribution in [1.29, 1.82) is 0 Å². The standard InChI is InChI=1S/C16H25NOS2/c1-3-15-16(20-10-9-19-15)14(17-4-2)11-12-5-7-13(18)8-6-12/h5-8,14-18H,3-4,9-11H2,1-2H3. The van der Waals surface area contributed by atoms with Crippen molar-refractivity contribution in [3.63, 3.8) is 0 Å². The van der Waals surface area contributed by atoms with Crippen LogP contribution in [-0.4, -0.2) is 39.7 Å². The number of hydrogen-bond donors (Lipinski definition) is 2. The summed E-state index contributed by atoms with van der Waals surface area (Å²) in [5.74, 6) is 2.91. The van der Waals surface area contributed by atoms with Gasteiger partial charge < -0.3 is 10.4 Å². The highest BCUT2D eigenvalue weighted by atomic mass is 32.2. The van der Waals surface area contributed by atoms with E-state index in [2.05, 4.69) is 42.7 Å². The molecule has 20 heavy (non-hydrogen) atoms. The van der Waals surface area contributed by atoms with Gasteiger partial charge >= 0.3 is 0 Å². The fraction of sp³-hybridized carbons (Fsp3) is 0.625. The smallest absolute Gasteiger partial charge is 0.115 e. The summed E-state index contributed by atoms with van der Waals surface area (Å²) in [5, 5.41) is 14.5. The zero-order valence-corrected chi connectivity index (χ0v) is 14.0. The largest absolute Gasteiger partial charge is 0.508 e. The number of nitrogens with one attached hydrogen (secondary N) is 1. The van der Waals surface area contributed by atoms with Crippen LogP contribution in [0.1, 0.15) is 25.8 Å². The lowest BCUT2D eigenvalue weighted by atomic mass is 10.00. The monoisotopic (exact) mass is 311 g/mol. The number of hydrogen-bond acceptors (Lipinski definition) is 4. The predicted octanol–water partition coefficient (Wildman–Crippen LogP) is 3.54. The molecule has 1 heterocycles. The van der Waals surface area contributed by atoms with Crippen molar-refractivity contribution in [2.24, 2.45) is 0 Å². The fourth-order valence-corrected chi connectivity index (χ4v) is 6.03. The Morgan fingerprint density at radius 1 is 1.20 bits per heavy atom. The molecule has 1 aromatic rings. The summed E-state index contributed by atoms with van der Waals surface area (Å²) in [6.07, 6.45) is 2.29. The Bertz CT molecular complexity index is 396. The van der Waals surface area contributed by atoms with E-state index in [-0.39, 0.29) is 0 Å². The molecule has 0 aliphatic carbocycles. The van der Waals surface area contributed by atoms with Crippen LogP contribution in [0.4, 0.5) is 0 Å². The topological polar surface area (TPSA) is 32.3 Å². The Morgan fingerprint density at radius 3 is 2.55 bits per heavy atom. The molecule has 0 spiro atoms. The highest BCUT2D eigenvalue weighted by Gasteiger charge is 2.31. The molecular weight excluding hydrogens is 286 g/mol. The maximum atomic E-state index is 9.40. The second-order valence-electron chi connectivity index (χ2n) is 5.19. The molecule has 3 atom stereocenters. The molecule has 1 fully saturated rings. The number of phenols is 1. The van der Waals surface area contributed by atoms with Crippen molar-refractivity contribution in [2.75, 3.05) is 18.1 Å². The van der Waals surface area contributed by atoms with Gasteiger partial charge in [0.15, 0.2) is 0 Å². The van der Waals surface area contributed by atoms with Crippen LogP contribution in [0.2, 0.25) is 0 Å². The average molecular weight is 312 g/mol. The normalized spacial score (nSPS) is 24.5. The number of aromatic hydroxyl groups is 1. The van der Waals surface area contributed by atoms with Crippen LogP contribution < -0.4 is 5.32 Å². The zero-order chi connectivity index (χ0) is 14.4. The Morgan fingerprint density at radius 2 is 1.90 bits per heavy atom. The van der Waals surface area contributed by atoms with Crippen molar-refractivity contribution >= 4 is 23.5 Å². The van der Waals surface area contributed by atoms with Gasteiger partial charge in [-0.3, -0.25) is 0 Å². The number of benzene rings is 1. The minimum Gasteiger partial charge on any atom is -0.508 e. The molecule has 0 aromatic heterocycles. The molecule has 1 saturated heterocycles. The number of likely N-dealkylation sites (N-methyl/N-ethyl adjacent to an activating group) is 1. The van der Waals surface area contributed by atoms with Crippen molar-refractivity contribution < 1.29 is 5.11 Å². The Labute approximate surface area is 131 Å². The molecule has 4 heteroatoms. The molecule has 3 unspecified atom stereocenters. The second-order valence-corrected chi connectivity index (χ2v) is 7.82. The highest BCUT2D eigenvalue weighted by molar-refractivity contribution is 8.07. The number of rotatable bonds is 6. The summed E-state index contributed by atoms with van der Waals surface area (Å²) in [6, 6.07) is 8.19. The maximum absolute atomic E-state index is 9.40. The third-order valence-corrected chi connectivity index (χ3v) is 7.16. The van der Waals surface area contributed by atoms with Crippen LogP contribution in [0, 0.1) is 0 Å². The average Bonchev–Trinajstić information content (AvgIpc) is 2.49. The van der Waals surface area contributed by atoms with Gasteiger partial charge in [0, 0.05) is 28.0 Å². The van der Waals surface area contributed by atoms with E-state index in [1.165, 1.54) is 23.5 Å². The molecule has 0 saturated carbocycles. The lowest BCUT2D eigenvalue weighted by Crippen LogP contribution is -2.46. The Hall–Kier alpha value is -0.320. The molecule has 0 amide bonds. The minimum atomic E-state index is 0.350. The van der Waals surface area contributed by atoms with Gasteiger partial charge in [-0.15, -0.1) is 0 Å². The minimum absolute atomic E-state index is 0.350. The van der Waals surface area contributed by atoms with E-state index in [4.69, 9.17) is 0 Å². The SMILES string of the molecule is CCNC(Cc1ccc(O)cc1)C1SCCSC1CC. The summed E-state index contributed by atoms with van der Waals surface area (Å²) in [4.78, 5) is 0. The fourth-order valence-electron chi connectivity index (χ4n) is 2.76. The van der Waals surface area contributed by atoms with Crippen LogP contribution in [0.5, 0.6) is 5.75 Å². The van der Waals surface area contributed by atoms with Gasteiger partial charge in [0.2, 0.25) is 0 Å². The van der Waals surface area contributed by atoms with E-state index in [0.717, 1.165) is 18.2 Å². The molecule has 0 radical (unpaired) electrons. The molecular formula is C16H25NOS2. The van der Waals surface area contributed by atoms with Crippen molar-refractivity contribution in [3.8, 4) is 5.75 Å². The van der Waals surface area contributed by atoms with Crippen LogP contribution in [0.3, 0.4) is 0 Å². The molecule has 2 nitrogen and oxygen atoms in total. The van der Waals surface area contributed by atoms with E-state index in [1.54, 1.807) is 12.1 Å².